The largest absolute Gasteiger partial charge is 0.464 e. The lowest BCUT2D eigenvalue weighted by Gasteiger charge is -2.24. The van der Waals surface area contributed by atoms with Gasteiger partial charge in [0.1, 0.15) is 6.04 Å². The van der Waals surface area contributed by atoms with Gasteiger partial charge < -0.3 is 15.4 Å². The molecule has 2 fully saturated rings. The van der Waals surface area contributed by atoms with Crippen LogP contribution in [0.25, 0.3) is 0 Å². The normalized spacial score (nSPS) is 25.4. The predicted octanol–water partition coefficient (Wildman–Crippen LogP) is 0.168. The lowest BCUT2D eigenvalue weighted by atomic mass is 10.0. The highest BCUT2D eigenvalue weighted by atomic mass is 32.3. The molecule has 2 aliphatic rings. The summed E-state index contributed by atoms with van der Waals surface area (Å²) in [7, 11) is -4.51. The maximum Gasteiger partial charge on any atom is 0.401 e. The third kappa shape index (κ3) is 6.14. The predicted molar refractivity (Wildman–Crippen MR) is 97.1 cm³/mol. The SMILES string of the molecule is CCOC(=O)[C@H]1OS(=O)(=O)O[C@@H]1C(=O)N[C@@H](CC(C)C)C(=O)NC1CCCC1. The minimum atomic E-state index is -4.51. The molecule has 1 saturated heterocycles. The van der Waals surface area contributed by atoms with Crippen molar-refractivity contribution in [2.24, 2.45) is 5.92 Å². The molecule has 0 bridgehead atoms. The number of hydrogen-bond acceptors (Lipinski definition) is 8. The van der Waals surface area contributed by atoms with Crippen LogP contribution in [0.5, 0.6) is 0 Å². The number of nitrogens with one attached hydrogen (secondary N) is 2. The molecule has 1 aliphatic heterocycles. The molecular weight excluding hydrogens is 392 g/mol. The molecule has 2 N–H and O–H groups in total. The minimum Gasteiger partial charge on any atom is -0.464 e. The molecule has 0 aromatic heterocycles. The molecule has 0 aromatic rings. The maximum atomic E-state index is 12.6. The van der Waals surface area contributed by atoms with Gasteiger partial charge in [-0.2, -0.15) is 8.42 Å². The Morgan fingerprint density at radius 2 is 1.71 bits per heavy atom. The van der Waals surface area contributed by atoms with Crippen molar-refractivity contribution in [3.63, 3.8) is 0 Å². The van der Waals surface area contributed by atoms with E-state index in [0.717, 1.165) is 25.7 Å². The van der Waals surface area contributed by atoms with E-state index in [2.05, 4.69) is 19.0 Å². The lowest BCUT2D eigenvalue weighted by Crippen LogP contribution is -2.54. The van der Waals surface area contributed by atoms with E-state index in [1.54, 1.807) is 0 Å². The molecule has 160 valence electrons. The second kappa shape index (κ2) is 9.66. The number of esters is 1. The number of hydrogen-bond donors (Lipinski definition) is 2. The molecule has 0 aromatic carbocycles. The molecule has 1 heterocycles. The molecule has 3 atom stereocenters. The zero-order valence-corrected chi connectivity index (χ0v) is 17.1. The minimum absolute atomic E-state index is 0.0210. The van der Waals surface area contributed by atoms with Gasteiger partial charge in [0.05, 0.1) is 6.61 Å². The molecule has 1 saturated carbocycles. The fourth-order valence-electron chi connectivity index (χ4n) is 3.27. The van der Waals surface area contributed by atoms with Crippen molar-refractivity contribution in [2.45, 2.75) is 77.2 Å². The van der Waals surface area contributed by atoms with Crippen LogP contribution in [0.2, 0.25) is 0 Å². The van der Waals surface area contributed by atoms with E-state index >= 15 is 0 Å². The second-order valence-electron chi connectivity index (χ2n) is 7.37. The Morgan fingerprint density at radius 3 is 2.29 bits per heavy atom. The number of ether oxygens (including phenoxy) is 1. The van der Waals surface area contributed by atoms with Gasteiger partial charge >= 0.3 is 16.4 Å². The van der Waals surface area contributed by atoms with Gasteiger partial charge in [0.25, 0.3) is 5.91 Å². The summed E-state index contributed by atoms with van der Waals surface area (Å²) in [6.45, 7) is 5.29. The van der Waals surface area contributed by atoms with Gasteiger partial charge in [0.15, 0.2) is 6.10 Å². The smallest absolute Gasteiger partial charge is 0.401 e. The van der Waals surface area contributed by atoms with Crippen molar-refractivity contribution in [3.05, 3.63) is 0 Å². The van der Waals surface area contributed by atoms with Crippen molar-refractivity contribution < 1.29 is 35.9 Å². The van der Waals surface area contributed by atoms with Gasteiger partial charge in [-0.05, 0) is 32.1 Å². The molecule has 0 radical (unpaired) electrons. The zero-order valence-electron chi connectivity index (χ0n) is 16.3. The van der Waals surface area contributed by atoms with Gasteiger partial charge in [-0.15, -0.1) is 0 Å². The Labute approximate surface area is 165 Å². The van der Waals surface area contributed by atoms with E-state index in [0.29, 0.717) is 6.42 Å². The Balaban J connectivity index is 2.09. The quantitative estimate of drug-likeness (QED) is 0.530. The summed E-state index contributed by atoms with van der Waals surface area (Å²) in [4.78, 5) is 37.2. The Morgan fingerprint density at radius 1 is 1.11 bits per heavy atom. The van der Waals surface area contributed by atoms with Gasteiger partial charge in [0.2, 0.25) is 12.0 Å². The van der Waals surface area contributed by atoms with Gasteiger partial charge in [-0.25, -0.2) is 13.2 Å². The van der Waals surface area contributed by atoms with Crippen molar-refractivity contribution in [2.75, 3.05) is 6.61 Å². The summed E-state index contributed by atoms with van der Waals surface area (Å²) in [6.07, 6.45) is 0.694. The Kier molecular flexibility index (Phi) is 7.79. The van der Waals surface area contributed by atoms with E-state index in [1.807, 2.05) is 13.8 Å². The zero-order chi connectivity index (χ0) is 20.9. The fourth-order valence-corrected chi connectivity index (χ4v) is 4.20. The van der Waals surface area contributed by atoms with Crippen LogP contribution in [-0.2, 0) is 37.9 Å². The molecule has 2 rings (SSSR count). The van der Waals surface area contributed by atoms with Gasteiger partial charge in [0, 0.05) is 6.04 Å². The van der Waals surface area contributed by atoms with E-state index in [9.17, 15) is 22.8 Å². The van der Waals surface area contributed by atoms with Crippen molar-refractivity contribution in [3.8, 4) is 0 Å². The van der Waals surface area contributed by atoms with E-state index in [4.69, 9.17) is 4.74 Å². The average molecular weight is 420 g/mol. The third-order valence-electron chi connectivity index (χ3n) is 4.54. The van der Waals surface area contributed by atoms with Gasteiger partial charge in [-0.1, -0.05) is 26.7 Å². The second-order valence-corrected chi connectivity index (χ2v) is 8.58. The number of rotatable bonds is 8. The Hall–Kier alpha value is -1.72. The first-order valence-electron chi connectivity index (χ1n) is 9.51. The van der Waals surface area contributed by atoms with Crippen molar-refractivity contribution in [1.82, 2.24) is 10.6 Å². The molecule has 1 aliphatic carbocycles. The van der Waals surface area contributed by atoms with Crippen LogP contribution in [0.1, 0.15) is 52.9 Å². The van der Waals surface area contributed by atoms with Crippen LogP contribution in [0.4, 0.5) is 0 Å². The molecule has 0 spiro atoms. The van der Waals surface area contributed by atoms with Gasteiger partial charge in [-0.3, -0.25) is 9.59 Å². The van der Waals surface area contributed by atoms with Crippen LogP contribution < -0.4 is 10.6 Å². The van der Waals surface area contributed by atoms with Crippen LogP contribution in [-0.4, -0.2) is 57.1 Å². The standard InChI is InChI=1S/C17H28N2O8S/c1-4-25-17(22)14-13(26-28(23,24)27-14)16(21)19-12(9-10(2)3)15(20)18-11-7-5-6-8-11/h10-14H,4-9H2,1-3H3,(H,18,20)(H,19,21)/t12-,13-,14-/m0/s1. The van der Waals surface area contributed by atoms with Crippen LogP contribution in [0.3, 0.4) is 0 Å². The highest BCUT2D eigenvalue weighted by Gasteiger charge is 2.50. The lowest BCUT2D eigenvalue weighted by molar-refractivity contribution is -0.155. The molecule has 28 heavy (non-hydrogen) atoms. The number of amides is 2. The Bertz CT molecular complexity index is 687. The van der Waals surface area contributed by atoms with Crippen molar-refractivity contribution in [1.29, 1.82) is 0 Å². The molecule has 0 unspecified atom stereocenters. The third-order valence-corrected chi connectivity index (χ3v) is 5.42. The summed E-state index contributed by atoms with van der Waals surface area (Å²) in [5.41, 5.74) is 0. The number of carbonyl (C=O) groups is 3. The summed E-state index contributed by atoms with van der Waals surface area (Å²) < 4.78 is 37.1. The van der Waals surface area contributed by atoms with Crippen LogP contribution >= 0.6 is 0 Å². The first kappa shape index (κ1) is 22.6. The van der Waals surface area contributed by atoms with Crippen molar-refractivity contribution >= 4 is 28.2 Å². The molecule has 11 heteroatoms. The topological polar surface area (TPSA) is 137 Å². The summed E-state index contributed by atoms with van der Waals surface area (Å²) in [5, 5.41) is 5.42. The van der Waals surface area contributed by atoms with E-state index in [-0.39, 0.29) is 24.5 Å². The molecular formula is C17H28N2O8S. The highest BCUT2D eigenvalue weighted by Crippen LogP contribution is 2.23. The monoisotopic (exact) mass is 420 g/mol. The molecule has 2 amide bonds. The maximum absolute atomic E-state index is 12.6. The molecule has 10 nitrogen and oxygen atoms in total. The summed E-state index contributed by atoms with van der Waals surface area (Å²) >= 11 is 0. The average Bonchev–Trinajstić information content (AvgIpc) is 3.21. The van der Waals surface area contributed by atoms with E-state index in [1.165, 1.54) is 6.92 Å². The highest BCUT2D eigenvalue weighted by molar-refractivity contribution is 7.82. The fraction of sp³-hybridized carbons (Fsp3) is 0.824. The first-order valence-corrected chi connectivity index (χ1v) is 10.8. The number of carbonyl (C=O) groups excluding carboxylic acids is 3. The van der Waals surface area contributed by atoms with Crippen LogP contribution in [0, 0.1) is 5.92 Å². The first-order chi connectivity index (χ1) is 13.1. The van der Waals surface area contributed by atoms with E-state index < -0.39 is 40.5 Å². The van der Waals surface area contributed by atoms with Crippen LogP contribution in [0.15, 0.2) is 0 Å². The summed E-state index contributed by atoms with van der Waals surface area (Å²) in [5.74, 6) is -2.21. The summed E-state index contributed by atoms with van der Waals surface area (Å²) in [6, 6.07) is -0.819.